The highest BCUT2D eigenvalue weighted by molar-refractivity contribution is 6.00. The first-order valence-corrected chi connectivity index (χ1v) is 16.9. The molecule has 0 bridgehead atoms. The number of amides is 2. The van der Waals surface area contributed by atoms with E-state index < -0.39 is 0 Å². The summed E-state index contributed by atoms with van der Waals surface area (Å²) in [4.78, 5) is 32.3. The summed E-state index contributed by atoms with van der Waals surface area (Å²) in [5.41, 5.74) is 6.29. The number of fused-ring (bicyclic) bond motifs is 1. The average molecular weight is 653 g/mol. The predicted molar refractivity (Wildman–Crippen MR) is 189 cm³/mol. The van der Waals surface area contributed by atoms with Gasteiger partial charge in [0.05, 0.1) is 32.6 Å². The van der Waals surface area contributed by atoms with E-state index in [1.165, 1.54) is 5.56 Å². The lowest BCUT2D eigenvalue weighted by Gasteiger charge is -2.35. The summed E-state index contributed by atoms with van der Waals surface area (Å²) in [6, 6.07) is 19.6. The molecular weight excluding hydrogens is 604 g/mol. The van der Waals surface area contributed by atoms with Gasteiger partial charge < -0.3 is 24.0 Å². The summed E-state index contributed by atoms with van der Waals surface area (Å²) < 4.78 is 18.6. The van der Waals surface area contributed by atoms with Crippen LogP contribution in [-0.2, 0) is 13.0 Å². The van der Waals surface area contributed by atoms with Crippen LogP contribution in [0.4, 0.5) is 0 Å². The molecular formula is C39H48N4O5. The molecule has 2 heterocycles. The fourth-order valence-corrected chi connectivity index (χ4v) is 6.42. The summed E-state index contributed by atoms with van der Waals surface area (Å²) in [5.74, 6) is 1.35. The second-order valence-electron chi connectivity index (χ2n) is 12.5. The molecule has 0 unspecified atom stereocenters. The molecule has 4 aromatic rings. The fraction of sp³-hybridized carbons (Fsp3) is 0.410. The highest BCUT2D eigenvalue weighted by Crippen LogP contribution is 2.42. The van der Waals surface area contributed by atoms with Gasteiger partial charge in [-0.3, -0.25) is 9.59 Å². The molecule has 0 spiro atoms. The second-order valence-corrected chi connectivity index (χ2v) is 12.5. The van der Waals surface area contributed by atoms with Crippen molar-refractivity contribution in [2.24, 2.45) is 0 Å². The molecule has 3 aromatic carbocycles. The van der Waals surface area contributed by atoms with Crippen molar-refractivity contribution in [2.45, 2.75) is 72.4 Å². The third-order valence-corrected chi connectivity index (χ3v) is 9.18. The van der Waals surface area contributed by atoms with Gasteiger partial charge in [-0.15, -0.1) is 0 Å². The fourth-order valence-electron chi connectivity index (χ4n) is 6.42. The van der Waals surface area contributed by atoms with Crippen LogP contribution in [-0.4, -0.2) is 71.9 Å². The van der Waals surface area contributed by atoms with Crippen LogP contribution >= 0.6 is 0 Å². The number of benzene rings is 3. The quantitative estimate of drug-likeness (QED) is 0.149. The number of rotatable bonds is 13. The highest BCUT2D eigenvalue weighted by atomic mass is 16.5. The maximum atomic E-state index is 14.7. The van der Waals surface area contributed by atoms with Gasteiger partial charge in [0.1, 0.15) is 0 Å². The van der Waals surface area contributed by atoms with Crippen molar-refractivity contribution in [2.75, 3.05) is 34.4 Å². The van der Waals surface area contributed by atoms with E-state index >= 15 is 0 Å². The Morgan fingerprint density at radius 3 is 2.10 bits per heavy atom. The van der Waals surface area contributed by atoms with E-state index in [0.29, 0.717) is 53.8 Å². The lowest BCUT2D eigenvalue weighted by Crippen LogP contribution is -2.43. The van der Waals surface area contributed by atoms with Crippen LogP contribution in [0.15, 0.2) is 60.7 Å². The van der Waals surface area contributed by atoms with E-state index in [0.717, 1.165) is 54.5 Å². The molecule has 9 nitrogen and oxygen atoms in total. The van der Waals surface area contributed by atoms with Crippen molar-refractivity contribution < 1.29 is 23.8 Å². The second kappa shape index (κ2) is 15.4. The molecule has 0 fully saturated rings. The first-order chi connectivity index (χ1) is 23.2. The smallest absolute Gasteiger partial charge is 0.274 e. The van der Waals surface area contributed by atoms with Gasteiger partial charge in [-0.2, -0.15) is 5.10 Å². The molecule has 0 aliphatic carbocycles. The molecule has 1 atom stereocenters. The average Bonchev–Trinajstić information content (AvgIpc) is 3.50. The standard InChI is InChI=1S/C39H48N4O5/c1-8-10-18-41(19-11-9-2)39(45)33-21-27(4)43(40-33)34-17-16-29(31-23-35(46-5)37(48-7)36(24-31)47-6)22-32(34)38(44)42-25-30-15-13-12-14-28(30)20-26(42)3/h12-17,21-24,26H,8-11,18-20,25H2,1-7H3/t26-/m1/s1. The number of carbonyl (C=O) groups excluding carboxylic acids is 2. The maximum absolute atomic E-state index is 14.7. The largest absolute Gasteiger partial charge is 0.493 e. The van der Waals surface area contributed by atoms with Gasteiger partial charge in [0.25, 0.3) is 11.8 Å². The first kappa shape index (κ1) is 34.5. The summed E-state index contributed by atoms with van der Waals surface area (Å²) in [6.45, 7) is 10.2. The van der Waals surface area contributed by atoms with E-state index in [-0.39, 0.29) is 17.9 Å². The first-order valence-electron chi connectivity index (χ1n) is 16.9. The lowest BCUT2D eigenvalue weighted by molar-refractivity contribution is 0.0658. The van der Waals surface area contributed by atoms with Gasteiger partial charge in [-0.25, -0.2) is 4.68 Å². The van der Waals surface area contributed by atoms with E-state index in [2.05, 4.69) is 32.9 Å². The Hall–Kier alpha value is -4.79. The van der Waals surface area contributed by atoms with Crippen LogP contribution in [0.3, 0.4) is 0 Å². The Bertz CT molecular complexity index is 1730. The van der Waals surface area contributed by atoms with Crippen LogP contribution in [0.2, 0.25) is 0 Å². The minimum atomic E-state index is -0.100. The molecule has 0 radical (unpaired) electrons. The van der Waals surface area contributed by atoms with Crippen molar-refractivity contribution in [1.29, 1.82) is 0 Å². The van der Waals surface area contributed by atoms with Gasteiger partial charge in [0.2, 0.25) is 5.75 Å². The number of hydrogen-bond donors (Lipinski definition) is 0. The lowest BCUT2D eigenvalue weighted by atomic mass is 9.93. The monoisotopic (exact) mass is 652 g/mol. The topological polar surface area (TPSA) is 86.1 Å². The molecule has 5 rings (SSSR count). The van der Waals surface area contributed by atoms with Gasteiger partial charge in [-0.05, 0) is 85.7 Å². The maximum Gasteiger partial charge on any atom is 0.274 e. The number of carbonyl (C=O) groups is 2. The van der Waals surface area contributed by atoms with E-state index in [9.17, 15) is 9.59 Å². The number of ether oxygens (including phenoxy) is 3. The van der Waals surface area contributed by atoms with Crippen molar-refractivity contribution in [3.63, 3.8) is 0 Å². The summed E-state index contributed by atoms with van der Waals surface area (Å²) >= 11 is 0. The van der Waals surface area contributed by atoms with Crippen molar-refractivity contribution >= 4 is 11.8 Å². The van der Waals surface area contributed by atoms with Crippen molar-refractivity contribution in [1.82, 2.24) is 19.6 Å². The van der Waals surface area contributed by atoms with Crippen molar-refractivity contribution in [3.05, 3.63) is 88.7 Å². The van der Waals surface area contributed by atoms with E-state index in [1.807, 2.05) is 65.3 Å². The Balaban J connectivity index is 1.62. The number of methoxy groups -OCH3 is 3. The van der Waals surface area contributed by atoms with Gasteiger partial charge in [-0.1, -0.05) is 57.0 Å². The molecule has 0 N–H and O–H groups in total. The third kappa shape index (κ3) is 7.05. The number of aryl methyl sites for hydroxylation is 1. The van der Waals surface area contributed by atoms with Crippen LogP contribution in [0, 0.1) is 6.92 Å². The van der Waals surface area contributed by atoms with Crippen LogP contribution in [0.1, 0.15) is 84.1 Å². The summed E-state index contributed by atoms with van der Waals surface area (Å²) in [5, 5.41) is 4.84. The Kier molecular flexibility index (Phi) is 11.1. The molecule has 48 heavy (non-hydrogen) atoms. The van der Waals surface area contributed by atoms with Gasteiger partial charge in [0, 0.05) is 31.4 Å². The normalized spacial score (nSPS) is 14.0. The Morgan fingerprint density at radius 2 is 1.50 bits per heavy atom. The van der Waals surface area contributed by atoms with Crippen LogP contribution in [0.5, 0.6) is 17.2 Å². The van der Waals surface area contributed by atoms with Gasteiger partial charge in [0.15, 0.2) is 17.2 Å². The molecule has 254 valence electrons. The molecule has 0 saturated heterocycles. The number of hydrogen-bond acceptors (Lipinski definition) is 6. The molecule has 1 aliphatic heterocycles. The highest BCUT2D eigenvalue weighted by Gasteiger charge is 2.30. The third-order valence-electron chi connectivity index (χ3n) is 9.18. The molecule has 9 heteroatoms. The van der Waals surface area contributed by atoms with Crippen LogP contribution < -0.4 is 14.2 Å². The Morgan fingerprint density at radius 1 is 0.854 bits per heavy atom. The predicted octanol–water partition coefficient (Wildman–Crippen LogP) is 7.50. The zero-order valence-electron chi connectivity index (χ0n) is 29.3. The molecule has 1 aliphatic rings. The zero-order chi connectivity index (χ0) is 34.4. The summed E-state index contributed by atoms with van der Waals surface area (Å²) in [6.07, 6.45) is 4.66. The Labute approximate surface area is 284 Å². The van der Waals surface area contributed by atoms with E-state index in [1.54, 1.807) is 26.0 Å². The molecule has 0 saturated carbocycles. The number of nitrogens with zero attached hydrogens (tertiary/aromatic N) is 4. The number of unbranched alkanes of at least 4 members (excludes halogenated alkanes) is 2. The van der Waals surface area contributed by atoms with Crippen LogP contribution in [0.25, 0.3) is 16.8 Å². The van der Waals surface area contributed by atoms with Gasteiger partial charge >= 0.3 is 0 Å². The summed E-state index contributed by atoms with van der Waals surface area (Å²) in [7, 11) is 4.74. The minimum Gasteiger partial charge on any atom is -0.493 e. The van der Waals surface area contributed by atoms with E-state index in [4.69, 9.17) is 19.3 Å². The zero-order valence-corrected chi connectivity index (χ0v) is 29.3. The minimum absolute atomic E-state index is 0.00775. The number of aromatic nitrogens is 2. The SMILES string of the molecule is CCCCN(CCCC)C(=O)c1cc(C)n(-c2ccc(-c3cc(OC)c(OC)c(OC)c3)cc2C(=O)N2Cc3ccccc3C[C@H]2C)n1. The molecule has 1 aromatic heterocycles. The van der Waals surface area contributed by atoms with Crippen molar-refractivity contribution in [3.8, 4) is 34.1 Å². The molecule has 2 amide bonds.